The zero-order chi connectivity index (χ0) is 24.5. The molecule has 2 heterocycles. The molecule has 0 spiro atoms. The van der Waals surface area contributed by atoms with Crippen LogP contribution in [0.4, 0.5) is 15.0 Å². The van der Waals surface area contributed by atoms with Crippen molar-refractivity contribution in [2.45, 2.75) is 25.9 Å². The highest BCUT2D eigenvalue weighted by molar-refractivity contribution is 5.92. The number of amides is 1. The fourth-order valence-electron chi connectivity index (χ4n) is 4.63. The van der Waals surface area contributed by atoms with E-state index in [1.54, 1.807) is 0 Å². The lowest BCUT2D eigenvalue weighted by molar-refractivity contribution is 0.125. The molecular weight excluding hydrogens is 447 g/mol. The molecule has 8 heteroatoms. The number of carbonyl (C=O) groups is 1. The van der Waals surface area contributed by atoms with Gasteiger partial charge in [0.1, 0.15) is 17.4 Å². The Bertz CT molecular complexity index is 1380. The van der Waals surface area contributed by atoms with E-state index in [4.69, 9.17) is 0 Å². The van der Waals surface area contributed by atoms with E-state index < -0.39 is 11.9 Å². The highest BCUT2D eigenvalue weighted by Crippen LogP contribution is 2.35. The Kier molecular flexibility index (Phi) is 5.94. The maximum absolute atomic E-state index is 14.7. The number of halogens is 1. The van der Waals surface area contributed by atoms with Crippen LogP contribution in [-0.2, 0) is 6.54 Å². The van der Waals surface area contributed by atoms with Crippen molar-refractivity contribution in [1.29, 1.82) is 0 Å². The number of aromatic nitrogens is 2. The lowest BCUT2D eigenvalue weighted by Gasteiger charge is -2.27. The molecule has 1 amide bonds. The summed E-state index contributed by atoms with van der Waals surface area (Å²) in [6, 6.07) is 19.2. The number of phenolic OH excluding ortho intramolecular Hbond substituents is 1. The van der Waals surface area contributed by atoms with Gasteiger partial charge >= 0.3 is 6.09 Å². The Labute approximate surface area is 202 Å². The van der Waals surface area contributed by atoms with Crippen molar-refractivity contribution in [3.8, 4) is 17.1 Å². The number of fused-ring (bicyclic) bond motifs is 1. The summed E-state index contributed by atoms with van der Waals surface area (Å²) in [6.07, 6.45) is -0.336. The third-order valence-electron chi connectivity index (χ3n) is 6.39. The summed E-state index contributed by atoms with van der Waals surface area (Å²) in [5.74, 6) is -0.152. The van der Waals surface area contributed by atoms with Crippen molar-refractivity contribution in [3.05, 3.63) is 83.7 Å². The van der Waals surface area contributed by atoms with Crippen LogP contribution in [0.25, 0.3) is 22.3 Å². The van der Waals surface area contributed by atoms with Gasteiger partial charge in [0.25, 0.3) is 0 Å². The standard InChI is InChI=1S/C27H25FN4O3/c1-17-10-11-20-22(14-17)29-25(24-21(28)8-5-9-23(24)33)30-26(20)31-13-12-19(16-31)32(27(34)35)15-18-6-3-2-4-7-18/h2-11,14,19,33H,12-13,15-16H2,1H3,(H,34,35)/t19-/m1/s1. The molecule has 1 fully saturated rings. The van der Waals surface area contributed by atoms with Crippen LogP contribution in [0.2, 0.25) is 0 Å². The predicted octanol–water partition coefficient (Wildman–Crippen LogP) is 5.21. The van der Waals surface area contributed by atoms with Gasteiger partial charge in [-0.05, 0) is 48.7 Å². The third-order valence-corrected chi connectivity index (χ3v) is 6.39. The number of benzene rings is 3. The fourth-order valence-corrected chi connectivity index (χ4v) is 4.63. The number of carboxylic acid groups (broad SMARTS) is 1. The molecule has 0 unspecified atom stereocenters. The first-order valence-corrected chi connectivity index (χ1v) is 11.5. The molecule has 4 aromatic rings. The average molecular weight is 473 g/mol. The second-order valence-corrected chi connectivity index (χ2v) is 8.81. The van der Waals surface area contributed by atoms with Crippen LogP contribution >= 0.6 is 0 Å². The predicted molar refractivity (Wildman–Crippen MR) is 132 cm³/mol. The van der Waals surface area contributed by atoms with Crippen LogP contribution in [-0.4, -0.2) is 50.3 Å². The van der Waals surface area contributed by atoms with E-state index in [-0.39, 0.29) is 23.2 Å². The van der Waals surface area contributed by atoms with Gasteiger partial charge in [-0.3, -0.25) is 4.90 Å². The van der Waals surface area contributed by atoms with Gasteiger partial charge < -0.3 is 15.1 Å². The Morgan fingerprint density at radius 2 is 1.91 bits per heavy atom. The molecule has 0 saturated carbocycles. The third kappa shape index (κ3) is 4.47. The quantitative estimate of drug-likeness (QED) is 0.415. The molecule has 178 valence electrons. The Morgan fingerprint density at radius 3 is 2.66 bits per heavy atom. The summed E-state index contributed by atoms with van der Waals surface area (Å²) in [4.78, 5) is 24.8. The van der Waals surface area contributed by atoms with Crippen LogP contribution in [0.1, 0.15) is 17.5 Å². The van der Waals surface area contributed by atoms with Crippen LogP contribution < -0.4 is 4.90 Å². The van der Waals surface area contributed by atoms with Gasteiger partial charge in [0.05, 0.1) is 17.1 Å². The molecule has 1 aliphatic heterocycles. The number of aromatic hydroxyl groups is 1. The summed E-state index contributed by atoms with van der Waals surface area (Å²) in [5, 5.41) is 21.1. The first-order chi connectivity index (χ1) is 16.9. The smallest absolute Gasteiger partial charge is 0.407 e. The summed E-state index contributed by atoms with van der Waals surface area (Å²) >= 11 is 0. The zero-order valence-electron chi connectivity index (χ0n) is 19.2. The lowest BCUT2D eigenvalue weighted by atomic mass is 10.1. The van der Waals surface area contributed by atoms with Crippen molar-refractivity contribution in [2.75, 3.05) is 18.0 Å². The summed E-state index contributed by atoms with van der Waals surface area (Å²) in [6.45, 7) is 3.28. The van der Waals surface area contributed by atoms with Crippen molar-refractivity contribution >= 4 is 22.8 Å². The minimum absolute atomic E-state index is 0.0517. The lowest BCUT2D eigenvalue weighted by Crippen LogP contribution is -2.40. The molecule has 2 N–H and O–H groups in total. The first-order valence-electron chi connectivity index (χ1n) is 11.5. The van der Waals surface area contributed by atoms with E-state index in [1.807, 2.05) is 60.4 Å². The van der Waals surface area contributed by atoms with Crippen molar-refractivity contribution in [2.24, 2.45) is 0 Å². The van der Waals surface area contributed by atoms with Gasteiger partial charge in [0, 0.05) is 25.0 Å². The molecule has 1 saturated heterocycles. The second kappa shape index (κ2) is 9.21. The van der Waals surface area contributed by atoms with Gasteiger partial charge in [-0.2, -0.15) is 0 Å². The maximum atomic E-state index is 14.7. The monoisotopic (exact) mass is 472 g/mol. The number of rotatable bonds is 5. The summed E-state index contributed by atoms with van der Waals surface area (Å²) in [7, 11) is 0. The van der Waals surface area contributed by atoms with Gasteiger partial charge in [0.15, 0.2) is 5.82 Å². The number of hydrogen-bond donors (Lipinski definition) is 2. The molecule has 7 nitrogen and oxygen atoms in total. The number of aryl methyl sites for hydroxylation is 1. The number of hydrogen-bond acceptors (Lipinski definition) is 5. The Hall–Kier alpha value is -4.20. The average Bonchev–Trinajstić information content (AvgIpc) is 3.32. The van der Waals surface area contributed by atoms with Crippen molar-refractivity contribution in [1.82, 2.24) is 14.9 Å². The van der Waals surface area contributed by atoms with E-state index in [2.05, 4.69) is 9.97 Å². The van der Waals surface area contributed by atoms with E-state index in [9.17, 15) is 19.4 Å². The zero-order valence-corrected chi connectivity index (χ0v) is 19.2. The summed E-state index contributed by atoms with van der Waals surface area (Å²) < 4.78 is 14.7. The summed E-state index contributed by atoms with van der Waals surface area (Å²) in [5.41, 5.74) is 2.50. The topological polar surface area (TPSA) is 89.8 Å². The van der Waals surface area contributed by atoms with E-state index in [0.29, 0.717) is 37.4 Å². The highest BCUT2D eigenvalue weighted by Gasteiger charge is 2.32. The first kappa shape index (κ1) is 22.6. The Morgan fingerprint density at radius 1 is 1.11 bits per heavy atom. The normalized spacial score (nSPS) is 15.5. The van der Waals surface area contributed by atoms with Crippen LogP contribution in [0, 0.1) is 12.7 Å². The SMILES string of the molecule is Cc1ccc2c(N3CC[C@@H](N(Cc4ccccc4)C(=O)O)C3)nc(-c3c(O)cccc3F)nc2c1. The minimum atomic E-state index is -0.971. The van der Waals surface area contributed by atoms with Crippen molar-refractivity contribution < 1.29 is 19.4 Å². The van der Waals surface area contributed by atoms with Crippen LogP contribution in [0.3, 0.4) is 0 Å². The Balaban J connectivity index is 1.52. The number of anilines is 1. The van der Waals surface area contributed by atoms with E-state index >= 15 is 0 Å². The molecular formula is C27H25FN4O3. The molecule has 3 aromatic carbocycles. The molecule has 0 aliphatic carbocycles. The maximum Gasteiger partial charge on any atom is 0.407 e. The fraction of sp³-hybridized carbons (Fsp3) is 0.222. The van der Waals surface area contributed by atoms with Crippen molar-refractivity contribution in [3.63, 3.8) is 0 Å². The molecule has 5 rings (SSSR count). The molecule has 1 aromatic heterocycles. The van der Waals surface area contributed by atoms with Gasteiger partial charge in [-0.15, -0.1) is 0 Å². The second-order valence-electron chi connectivity index (χ2n) is 8.81. The molecule has 0 bridgehead atoms. The molecule has 1 aliphatic rings. The number of phenols is 1. The molecule has 35 heavy (non-hydrogen) atoms. The van der Waals surface area contributed by atoms with Gasteiger partial charge in [-0.1, -0.05) is 42.5 Å². The molecule has 1 atom stereocenters. The van der Waals surface area contributed by atoms with Crippen LogP contribution in [0.15, 0.2) is 66.7 Å². The van der Waals surface area contributed by atoms with Gasteiger partial charge in [0.2, 0.25) is 0 Å². The number of nitrogens with zero attached hydrogens (tertiary/aromatic N) is 4. The van der Waals surface area contributed by atoms with E-state index in [0.717, 1.165) is 16.5 Å². The van der Waals surface area contributed by atoms with Gasteiger partial charge in [-0.25, -0.2) is 19.2 Å². The van der Waals surface area contributed by atoms with E-state index in [1.165, 1.54) is 23.1 Å². The largest absolute Gasteiger partial charge is 0.507 e. The van der Waals surface area contributed by atoms with Crippen LogP contribution in [0.5, 0.6) is 5.75 Å². The molecule has 0 radical (unpaired) electrons. The minimum Gasteiger partial charge on any atom is -0.507 e. The highest BCUT2D eigenvalue weighted by atomic mass is 19.1.